The fraction of sp³-hybridized carbons (Fsp3) is 0. The van der Waals surface area contributed by atoms with Gasteiger partial charge in [0, 0.05) is 44.8 Å². The van der Waals surface area contributed by atoms with E-state index in [-0.39, 0.29) is 39.6 Å². The summed E-state index contributed by atoms with van der Waals surface area (Å²) in [6, 6.07) is 24.3. The second-order valence-electron chi connectivity index (χ2n) is 10.7. The fourth-order valence-electron chi connectivity index (χ4n) is 5.83. The summed E-state index contributed by atoms with van der Waals surface area (Å²) in [5.74, 6) is -1.05. The Bertz CT molecular complexity index is 2500. The van der Waals surface area contributed by atoms with Crippen LogP contribution in [0.3, 0.4) is 0 Å². The van der Waals surface area contributed by atoms with Gasteiger partial charge in [-0.05, 0) is 45.8 Å². The van der Waals surface area contributed by atoms with Crippen LogP contribution in [-0.2, 0) is 16.8 Å². The molecule has 1 radical (unpaired) electrons. The predicted octanol–water partition coefficient (Wildman–Crippen LogP) is 5.52. The first kappa shape index (κ1) is 28.2. The van der Waals surface area contributed by atoms with Crippen LogP contribution in [-0.4, -0.2) is 52.1 Å². The average Bonchev–Trinajstić information content (AvgIpc) is 3.79. The van der Waals surface area contributed by atoms with Crippen molar-refractivity contribution < 1.29 is 36.6 Å². The quantitative estimate of drug-likeness (QED) is 0.238. The molecule has 2 aliphatic rings. The smallest absolute Gasteiger partial charge is 0.478 e. The molecule has 3 aromatic heterocycles. The van der Waals surface area contributed by atoms with Gasteiger partial charge in [0.05, 0.1) is 34.4 Å². The number of carboxylic acid groups (broad SMARTS) is 2. The van der Waals surface area contributed by atoms with Gasteiger partial charge in [0.15, 0.2) is 0 Å². The molecule has 0 aliphatic carbocycles. The molecule has 5 heterocycles. The largest absolute Gasteiger partial charge is 2.00 e. The van der Waals surface area contributed by atoms with Gasteiger partial charge in [0.1, 0.15) is 0 Å². The molecular formula is C34H16CoN8O4. The minimum atomic E-state index is -1.08. The summed E-state index contributed by atoms with van der Waals surface area (Å²) in [5.41, 5.74) is 3.70. The molecule has 0 spiro atoms. The standard InChI is InChI=1S/C34H18N8O4.Co/c43-33(44)15-9-11-21-23(13-15)32-40-28-20-8-4-2-6-18(20)26(36-28)38-30-22-12-10-16(34(45)46)14-24(22)31(42-30)39-27-19-7-3-1-5-17(19)25(35-27)37-29(21)41-32;/h1-14H,(H4,35,36,37,38,39,40,41,42,43,44,45,46);/q;+2/p-2. The molecule has 225 valence electrons. The van der Waals surface area contributed by atoms with Crippen LogP contribution in [0.25, 0.3) is 89.7 Å². The first-order chi connectivity index (χ1) is 22.4. The first-order valence-corrected chi connectivity index (χ1v) is 14.1. The van der Waals surface area contributed by atoms with Crippen LogP contribution >= 0.6 is 0 Å². The van der Waals surface area contributed by atoms with Gasteiger partial charge in [-0.1, -0.05) is 60.7 Å². The molecule has 13 heteroatoms. The molecule has 12 nitrogen and oxygen atoms in total. The van der Waals surface area contributed by atoms with Gasteiger partial charge in [0.25, 0.3) is 0 Å². The normalized spacial score (nSPS) is 11.6. The molecule has 0 saturated heterocycles. The molecule has 4 aromatic carbocycles. The van der Waals surface area contributed by atoms with E-state index >= 15 is 0 Å². The van der Waals surface area contributed by atoms with E-state index in [9.17, 15) is 19.8 Å². The van der Waals surface area contributed by atoms with Gasteiger partial charge in [-0.15, -0.1) is 0 Å². The van der Waals surface area contributed by atoms with Crippen LogP contribution < -0.4 is 9.97 Å². The Labute approximate surface area is 273 Å². The number of rotatable bonds is 2. The Morgan fingerprint density at radius 2 is 0.766 bits per heavy atom. The number of hydrogen-bond acceptors (Lipinski definition) is 8. The molecule has 8 bridgehead atoms. The van der Waals surface area contributed by atoms with E-state index in [0.29, 0.717) is 78.0 Å². The fourth-order valence-corrected chi connectivity index (χ4v) is 5.83. The van der Waals surface area contributed by atoms with Gasteiger partial charge in [-0.25, -0.2) is 19.6 Å². The van der Waals surface area contributed by atoms with E-state index in [1.165, 1.54) is 24.3 Å². The number of nitrogens with zero attached hydrogens (tertiary/aromatic N) is 8. The molecule has 47 heavy (non-hydrogen) atoms. The summed E-state index contributed by atoms with van der Waals surface area (Å²) < 4.78 is 0. The Balaban J connectivity index is 0.00000324. The molecule has 9 rings (SSSR count). The monoisotopic (exact) mass is 659 g/mol. The van der Waals surface area contributed by atoms with E-state index in [1.54, 1.807) is 12.1 Å². The Morgan fingerprint density at radius 3 is 1.09 bits per heavy atom. The zero-order chi connectivity index (χ0) is 31.1. The molecule has 2 aliphatic heterocycles. The predicted molar refractivity (Wildman–Crippen MR) is 168 cm³/mol. The third kappa shape index (κ3) is 4.36. The van der Waals surface area contributed by atoms with Crippen molar-refractivity contribution in [2.75, 3.05) is 0 Å². The minimum absolute atomic E-state index is 0. The number of hydrogen-bond donors (Lipinski definition) is 2. The second kappa shape index (κ2) is 10.4. The third-order valence-corrected chi connectivity index (χ3v) is 8.01. The second-order valence-corrected chi connectivity index (χ2v) is 10.7. The van der Waals surface area contributed by atoms with Crippen LogP contribution in [0.4, 0.5) is 0 Å². The van der Waals surface area contributed by atoms with Crippen LogP contribution in [0.2, 0.25) is 0 Å². The summed E-state index contributed by atoms with van der Waals surface area (Å²) in [5, 5.41) is 22.3. The molecular weight excluding hydrogens is 643 g/mol. The van der Waals surface area contributed by atoms with Gasteiger partial charge in [-0.3, -0.25) is 0 Å². The molecule has 0 unspecified atom stereocenters. The molecule has 0 atom stereocenters. The number of aromatic nitrogens is 8. The van der Waals surface area contributed by atoms with E-state index in [2.05, 4.69) is 0 Å². The van der Waals surface area contributed by atoms with Crippen molar-refractivity contribution in [2.45, 2.75) is 0 Å². The maximum absolute atomic E-state index is 11.9. The zero-order valence-electron chi connectivity index (χ0n) is 23.7. The topological polar surface area (TPSA) is 180 Å². The summed E-state index contributed by atoms with van der Waals surface area (Å²) >= 11 is 0. The van der Waals surface area contributed by atoms with Crippen molar-refractivity contribution in [1.29, 1.82) is 0 Å². The molecule has 2 N–H and O–H groups in total. The number of carbonyl (C=O) groups is 2. The van der Waals surface area contributed by atoms with Crippen molar-refractivity contribution in [1.82, 2.24) is 39.9 Å². The van der Waals surface area contributed by atoms with Crippen LogP contribution in [0.5, 0.6) is 0 Å². The number of fused-ring (bicyclic) bond motifs is 20. The van der Waals surface area contributed by atoms with E-state index < -0.39 is 11.9 Å². The minimum Gasteiger partial charge on any atom is -0.478 e. The average molecular weight is 659 g/mol. The first-order valence-electron chi connectivity index (χ1n) is 14.1. The van der Waals surface area contributed by atoms with Gasteiger partial charge in [-0.2, -0.15) is 0 Å². The summed E-state index contributed by atoms with van der Waals surface area (Å²) in [4.78, 5) is 62.1. The summed E-state index contributed by atoms with van der Waals surface area (Å²) in [6.07, 6.45) is 0. The maximum atomic E-state index is 11.9. The number of benzene rings is 4. The summed E-state index contributed by atoms with van der Waals surface area (Å²) in [7, 11) is 0. The van der Waals surface area contributed by atoms with E-state index in [1.807, 2.05) is 48.5 Å². The Morgan fingerprint density at radius 1 is 0.447 bits per heavy atom. The third-order valence-electron chi connectivity index (χ3n) is 8.01. The van der Waals surface area contributed by atoms with Gasteiger partial charge >= 0.3 is 28.7 Å². The van der Waals surface area contributed by atoms with E-state index in [0.717, 1.165) is 0 Å². The molecule has 0 fully saturated rings. The SMILES string of the molecule is O=C(O)c1ccc2c(c1)-c1nc-2nc2[n-]c(nc3nc(nc4[n-]c(n1)c1ccccc41)-c1ccc(C(=O)O)cc1-3)c1ccccc21.[Co+2]. The van der Waals surface area contributed by atoms with Crippen LogP contribution in [0.15, 0.2) is 84.9 Å². The van der Waals surface area contributed by atoms with Gasteiger partial charge in [0.2, 0.25) is 0 Å². The molecule has 0 amide bonds. The number of aromatic carboxylic acids is 2. The summed E-state index contributed by atoms with van der Waals surface area (Å²) in [6.45, 7) is 0. The Hall–Kier alpha value is -6.31. The number of carboxylic acids is 2. The van der Waals surface area contributed by atoms with Crippen LogP contribution in [0, 0.1) is 0 Å². The van der Waals surface area contributed by atoms with E-state index in [4.69, 9.17) is 39.9 Å². The zero-order valence-corrected chi connectivity index (χ0v) is 24.7. The van der Waals surface area contributed by atoms with Crippen molar-refractivity contribution >= 4 is 56.1 Å². The molecule has 0 saturated carbocycles. The van der Waals surface area contributed by atoms with Crippen molar-refractivity contribution in [3.05, 3.63) is 96.1 Å². The van der Waals surface area contributed by atoms with Crippen molar-refractivity contribution in [3.8, 4) is 45.6 Å². The van der Waals surface area contributed by atoms with Gasteiger partial charge < -0.3 is 40.1 Å². The van der Waals surface area contributed by atoms with Crippen LogP contribution in [0.1, 0.15) is 20.7 Å². The maximum Gasteiger partial charge on any atom is 2.00 e. The Kier molecular flexibility index (Phi) is 6.22. The van der Waals surface area contributed by atoms with Crippen molar-refractivity contribution in [2.24, 2.45) is 0 Å². The van der Waals surface area contributed by atoms with Crippen molar-refractivity contribution in [3.63, 3.8) is 0 Å². The molecule has 7 aromatic rings.